The molecular formula is C17H18OS. The molecule has 0 saturated heterocycles. The van der Waals surface area contributed by atoms with Gasteiger partial charge in [0.2, 0.25) is 0 Å². The fourth-order valence-electron chi connectivity index (χ4n) is 1.89. The summed E-state index contributed by atoms with van der Waals surface area (Å²) in [4.78, 5) is 13.6. The Kier molecular flexibility index (Phi) is 4.80. The normalized spacial score (nSPS) is 12.1. The van der Waals surface area contributed by atoms with Gasteiger partial charge in [0, 0.05) is 10.5 Å². The summed E-state index contributed by atoms with van der Waals surface area (Å²) in [5, 5.41) is -0.00916. The highest BCUT2D eigenvalue weighted by Gasteiger charge is 2.19. The van der Waals surface area contributed by atoms with Crippen LogP contribution in [-0.4, -0.2) is 11.0 Å². The number of carbonyl (C=O) groups excluding carboxylic acids is 1. The van der Waals surface area contributed by atoms with Crippen molar-refractivity contribution in [1.82, 2.24) is 0 Å². The first-order valence-corrected chi connectivity index (χ1v) is 7.41. The van der Waals surface area contributed by atoms with Gasteiger partial charge in [-0.3, -0.25) is 4.79 Å². The molecule has 2 aromatic rings. The van der Waals surface area contributed by atoms with E-state index in [1.807, 2.05) is 30.3 Å². The quantitative estimate of drug-likeness (QED) is 0.576. The predicted molar refractivity (Wildman–Crippen MR) is 81.9 cm³/mol. The maximum absolute atomic E-state index is 12.4. The van der Waals surface area contributed by atoms with Crippen molar-refractivity contribution in [2.45, 2.75) is 30.4 Å². The highest BCUT2D eigenvalue weighted by Crippen LogP contribution is 2.28. The Morgan fingerprint density at radius 2 is 1.68 bits per heavy atom. The summed E-state index contributed by atoms with van der Waals surface area (Å²) in [6.45, 7) is 4.13. The summed E-state index contributed by atoms with van der Waals surface area (Å²) < 4.78 is 0. The lowest BCUT2D eigenvalue weighted by molar-refractivity contribution is 0.0988. The fraction of sp³-hybridized carbons (Fsp3) is 0.235. The van der Waals surface area contributed by atoms with Crippen LogP contribution in [0.2, 0.25) is 0 Å². The van der Waals surface area contributed by atoms with Crippen molar-refractivity contribution in [2.24, 2.45) is 0 Å². The first-order valence-electron chi connectivity index (χ1n) is 6.53. The average molecular weight is 270 g/mol. The van der Waals surface area contributed by atoms with Gasteiger partial charge in [-0.2, -0.15) is 0 Å². The molecular weight excluding hydrogens is 252 g/mol. The molecule has 1 atom stereocenters. The van der Waals surface area contributed by atoms with E-state index >= 15 is 0 Å². The number of aryl methyl sites for hydroxylation is 1. The van der Waals surface area contributed by atoms with Crippen molar-refractivity contribution < 1.29 is 4.79 Å². The molecule has 2 aromatic carbocycles. The van der Waals surface area contributed by atoms with E-state index in [4.69, 9.17) is 0 Å². The Bertz CT molecular complexity index is 531. The summed E-state index contributed by atoms with van der Waals surface area (Å²) in [5.74, 6) is 0.216. The second-order valence-corrected chi connectivity index (χ2v) is 5.83. The van der Waals surface area contributed by atoms with Gasteiger partial charge < -0.3 is 0 Å². The lowest BCUT2D eigenvalue weighted by Crippen LogP contribution is -2.16. The monoisotopic (exact) mass is 270 g/mol. The first kappa shape index (κ1) is 13.9. The highest BCUT2D eigenvalue weighted by atomic mass is 32.2. The zero-order valence-corrected chi connectivity index (χ0v) is 12.1. The molecule has 0 aromatic heterocycles. The predicted octanol–water partition coefficient (Wildman–Crippen LogP) is 4.75. The summed E-state index contributed by atoms with van der Waals surface area (Å²) in [6, 6.07) is 17.9. The lowest BCUT2D eigenvalue weighted by Gasteiger charge is -2.13. The Morgan fingerprint density at radius 1 is 1.05 bits per heavy atom. The van der Waals surface area contributed by atoms with Crippen molar-refractivity contribution in [3.05, 3.63) is 65.7 Å². The van der Waals surface area contributed by atoms with Crippen LogP contribution in [0.25, 0.3) is 0 Å². The van der Waals surface area contributed by atoms with Gasteiger partial charge in [-0.1, -0.05) is 55.0 Å². The van der Waals surface area contributed by atoms with Crippen LogP contribution >= 0.6 is 11.8 Å². The van der Waals surface area contributed by atoms with Gasteiger partial charge in [-0.15, -0.1) is 11.8 Å². The van der Waals surface area contributed by atoms with E-state index in [2.05, 4.69) is 38.1 Å². The largest absolute Gasteiger partial charge is 0.293 e. The van der Waals surface area contributed by atoms with E-state index in [0.29, 0.717) is 0 Å². The Hall–Kier alpha value is -1.54. The Morgan fingerprint density at radius 3 is 2.26 bits per heavy atom. The van der Waals surface area contributed by atoms with Crippen LogP contribution in [-0.2, 0) is 0 Å². The Balaban J connectivity index is 2.12. The molecule has 0 N–H and O–H groups in total. The minimum absolute atomic E-state index is 0.00916. The van der Waals surface area contributed by atoms with E-state index in [-0.39, 0.29) is 11.0 Å². The second-order valence-electron chi connectivity index (χ2n) is 4.56. The van der Waals surface area contributed by atoms with Crippen molar-refractivity contribution in [3.63, 3.8) is 0 Å². The zero-order valence-electron chi connectivity index (χ0n) is 11.3. The van der Waals surface area contributed by atoms with Crippen LogP contribution in [0, 0.1) is 6.92 Å². The maximum Gasteiger partial charge on any atom is 0.176 e. The molecule has 2 rings (SSSR count). The molecule has 0 aliphatic carbocycles. The maximum atomic E-state index is 12.4. The molecule has 1 unspecified atom stereocenters. The van der Waals surface area contributed by atoms with Gasteiger partial charge in [-0.05, 0) is 25.5 Å². The van der Waals surface area contributed by atoms with Gasteiger partial charge in [0.1, 0.15) is 0 Å². The van der Waals surface area contributed by atoms with E-state index < -0.39 is 0 Å². The summed E-state index contributed by atoms with van der Waals surface area (Å²) in [6.07, 6.45) is 0.840. The minimum atomic E-state index is -0.00916. The topological polar surface area (TPSA) is 17.1 Å². The average Bonchev–Trinajstić information content (AvgIpc) is 2.47. The molecule has 0 aliphatic heterocycles. The minimum Gasteiger partial charge on any atom is -0.293 e. The molecule has 98 valence electrons. The second kappa shape index (κ2) is 6.58. The van der Waals surface area contributed by atoms with E-state index in [1.54, 1.807) is 11.8 Å². The first-order chi connectivity index (χ1) is 9.20. The van der Waals surface area contributed by atoms with Gasteiger partial charge in [-0.25, -0.2) is 0 Å². The van der Waals surface area contributed by atoms with Gasteiger partial charge >= 0.3 is 0 Å². The highest BCUT2D eigenvalue weighted by molar-refractivity contribution is 8.00. The van der Waals surface area contributed by atoms with Gasteiger partial charge in [0.25, 0.3) is 0 Å². The Labute approximate surface area is 119 Å². The molecule has 1 nitrogen and oxygen atoms in total. The molecule has 0 spiro atoms. The lowest BCUT2D eigenvalue weighted by atomic mass is 10.1. The third-order valence-electron chi connectivity index (χ3n) is 3.02. The van der Waals surface area contributed by atoms with Crippen LogP contribution in [0.3, 0.4) is 0 Å². The number of benzene rings is 2. The molecule has 19 heavy (non-hydrogen) atoms. The number of hydrogen-bond acceptors (Lipinski definition) is 2. The number of carbonyl (C=O) groups is 1. The standard InChI is InChI=1S/C17H18OS/c1-3-16(17(18)14-7-5-4-6-8-14)19-15-11-9-13(2)10-12-15/h4-12,16H,3H2,1-2H3. The number of Topliss-reactive ketones (excluding diaryl/α,β-unsaturated/α-hetero) is 1. The summed E-state index contributed by atoms with van der Waals surface area (Å²) >= 11 is 1.65. The van der Waals surface area contributed by atoms with E-state index in [9.17, 15) is 4.79 Å². The van der Waals surface area contributed by atoms with Crippen molar-refractivity contribution in [3.8, 4) is 0 Å². The number of ketones is 1. The zero-order chi connectivity index (χ0) is 13.7. The third-order valence-corrected chi connectivity index (χ3v) is 4.40. The summed E-state index contributed by atoms with van der Waals surface area (Å²) in [7, 11) is 0. The smallest absolute Gasteiger partial charge is 0.176 e. The van der Waals surface area contributed by atoms with Crippen LogP contribution in [0.15, 0.2) is 59.5 Å². The van der Waals surface area contributed by atoms with Gasteiger partial charge in [0.05, 0.1) is 5.25 Å². The van der Waals surface area contributed by atoms with Crippen LogP contribution < -0.4 is 0 Å². The van der Waals surface area contributed by atoms with Crippen LogP contribution in [0.4, 0.5) is 0 Å². The number of rotatable bonds is 5. The molecule has 0 aliphatic rings. The molecule has 2 heteroatoms. The van der Waals surface area contributed by atoms with Crippen LogP contribution in [0.1, 0.15) is 29.3 Å². The molecule has 0 bridgehead atoms. The van der Waals surface area contributed by atoms with E-state index in [1.165, 1.54) is 5.56 Å². The molecule has 0 saturated carbocycles. The van der Waals surface area contributed by atoms with Crippen molar-refractivity contribution in [1.29, 1.82) is 0 Å². The van der Waals surface area contributed by atoms with Crippen molar-refractivity contribution >= 4 is 17.5 Å². The van der Waals surface area contributed by atoms with Crippen LogP contribution in [0.5, 0.6) is 0 Å². The molecule has 0 radical (unpaired) electrons. The number of hydrogen-bond donors (Lipinski definition) is 0. The van der Waals surface area contributed by atoms with E-state index in [0.717, 1.165) is 16.9 Å². The van der Waals surface area contributed by atoms with Gasteiger partial charge in [0.15, 0.2) is 5.78 Å². The third kappa shape index (κ3) is 3.71. The fourth-order valence-corrected chi connectivity index (χ4v) is 2.92. The summed E-state index contributed by atoms with van der Waals surface area (Å²) in [5.41, 5.74) is 2.04. The molecule has 0 amide bonds. The molecule has 0 heterocycles. The van der Waals surface area contributed by atoms with Crippen molar-refractivity contribution in [2.75, 3.05) is 0 Å². The molecule has 0 fully saturated rings. The SMILES string of the molecule is CCC(Sc1ccc(C)cc1)C(=O)c1ccccc1. The number of thioether (sulfide) groups is 1.